The Labute approximate surface area is 107 Å². The Morgan fingerprint density at radius 1 is 1.35 bits per heavy atom. The number of carboxylic acid groups (broad SMARTS) is 1. The number of carbonyl (C=O) groups excluding carboxylic acids is 1. The van der Waals surface area contributed by atoms with Crippen LogP contribution in [0.2, 0.25) is 0 Å². The Hall–Kier alpha value is -1.36. The van der Waals surface area contributed by atoms with Crippen LogP contribution in [0.4, 0.5) is 0 Å². The highest BCUT2D eigenvalue weighted by Gasteiger charge is 2.25. The number of rotatable bonds is 3. The molecule has 0 saturated carbocycles. The molecule has 0 heterocycles. The summed E-state index contributed by atoms with van der Waals surface area (Å²) >= 11 is 3.26. The van der Waals surface area contributed by atoms with Gasteiger partial charge in [0.25, 0.3) is 5.78 Å². The van der Waals surface area contributed by atoms with E-state index in [1.807, 2.05) is 13.8 Å². The van der Waals surface area contributed by atoms with Crippen LogP contribution in [0.5, 0.6) is 5.75 Å². The lowest BCUT2D eigenvalue weighted by Crippen LogP contribution is -2.15. The number of carboxylic acids is 1. The normalized spacial score (nSPS) is 10.6. The van der Waals surface area contributed by atoms with Crippen molar-refractivity contribution >= 4 is 27.7 Å². The van der Waals surface area contributed by atoms with Crippen LogP contribution in [0, 0.1) is 6.92 Å². The maximum atomic E-state index is 11.5. The van der Waals surface area contributed by atoms with Gasteiger partial charge in [0.05, 0.1) is 5.56 Å². The maximum absolute atomic E-state index is 11.5. The van der Waals surface area contributed by atoms with E-state index in [0.717, 1.165) is 0 Å². The van der Waals surface area contributed by atoms with Crippen LogP contribution in [-0.2, 0) is 4.79 Å². The Bertz CT molecular complexity index is 492. The quantitative estimate of drug-likeness (QED) is 0.665. The Balaban J connectivity index is 3.58. The minimum absolute atomic E-state index is 0.00718. The van der Waals surface area contributed by atoms with Gasteiger partial charge >= 0.3 is 5.97 Å². The van der Waals surface area contributed by atoms with Crippen molar-refractivity contribution in [1.29, 1.82) is 0 Å². The fourth-order valence-corrected chi connectivity index (χ4v) is 2.02. The first-order valence-corrected chi connectivity index (χ1v) is 5.86. The predicted octanol–water partition coefficient (Wildman–Crippen LogP) is 2.85. The molecule has 1 aromatic rings. The van der Waals surface area contributed by atoms with Gasteiger partial charge in [-0.25, -0.2) is 4.79 Å². The van der Waals surface area contributed by atoms with E-state index < -0.39 is 11.8 Å². The second-order valence-electron chi connectivity index (χ2n) is 4.09. The summed E-state index contributed by atoms with van der Waals surface area (Å²) in [6, 6.07) is 1.70. The third-order valence-electron chi connectivity index (χ3n) is 2.57. The molecule has 4 nitrogen and oxygen atoms in total. The number of phenolic OH excluding ortho intramolecular Hbond substituents is 1. The summed E-state index contributed by atoms with van der Waals surface area (Å²) in [5, 5.41) is 18.7. The number of aliphatic carboxylic acids is 1. The zero-order chi connectivity index (χ0) is 13.3. The van der Waals surface area contributed by atoms with Crippen molar-refractivity contribution in [3.8, 4) is 5.75 Å². The Morgan fingerprint density at radius 3 is 2.29 bits per heavy atom. The highest BCUT2D eigenvalue weighted by Crippen LogP contribution is 2.36. The molecular formula is C12H13BrO4. The molecular weight excluding hydrogens is 288 g/mol. The van der Waals surface area contributed by atoms with Crippen LogP contribution in [0.1, 0.15) is 41.3 Å². The molecule has 1 aromatic carbocycles. The predicted molar refractivity (Wildman–Crippen MR) is 66.6 cm³/mol. The number of hydrogen-bond acceptors (Lipinski definition) is 3. The lowest BCUT2D eigenvalue weighted by atomic mass is 9.94. The molecule has 5 heteroatoms. The minimum Gasteiger partial charge on any atom is -0.507 e. The minimum atomic E-state index is -1.57. The fraction of sp³-hybridized carbons (Fsp3) is 0.333. The second kappa shape index (κ2) is 4.87. The number of phenols is 1. The average molecular weight is 301 g/mol. The molecule has 92 valence electrons. The van der Waals surface area contributed by atoms with Gasteiger partial charge in [0.2, 0.25) is 0 Å². The van der Waals surface area contributed by atoms with E-state index in [9.17, 15) is 14.7 Å². The van der Waals surface area contributed by atoms with Gasteiger partial charge in [-0.2, -0.15) is 0 Å². The van der Waals surface area contributed by atoms with Crippen molar-refractivity contribution in [2.24, 2.45) is 0 Å². The summed E-state index contributed by atoms with van der Waals surface area (Å²) in [7, 11) is 0. The molecule has 0 radical (unpaired) electrons. The Kier molecular flexibility index (Phi) is 3.93. The van der Waals surface area contributed by atoms with Crippen molar-refractivity contribution in [2.45, 2.75) is 26.7 Å². The SMILES string of the molecule is Cc1c(Br)cc(C(C)C)c(O)c1C(=O)C(=O)O. The van der Waals surface area contributed by atoms with E-state index >= 15 is 0 Å². The third-order valence-corrected chi connectivity index (χ3v) is 3.39. The van der Waals surface area contributed by atoms with Crippen molar-refractivity contribution in [2.75, 3.05) is 0 Å². The summed E-state index contributed by atoms with van der Waals surface area (Å²) in [5.41, 5.74) is 0.835. The molecule has 0 unspecified atom stereocenters. The van der Waals surface area contributed by atoms with Crippen LogP contribution in [0.25, 0.3) is 0 Å². The van der Waals surface area contributed by atoms with Gasteiger partial charge in [-0.1, -0.05) is 29.8 Å². The zero-order valence-corrected chi connectivity index (χ0v) is 11.3. The maximum Gasteiger partial charge on any atom is 0.377 e. The van der Waals surface area contributed by atoms with E-state index in [1.165, 1.54) is 0 Å². The monoisotopic (exact) mass is 300 g/mol. The van der Waals surface area contributed by atoms with Gasteiger partial charge in [0.15, 0.2) is 0 Å². The number of carbonyl (C=O) groups is 2. The summed E-state index contributed by atoms with van der Waals surface area (Å²) in [4.78, 5) is 22.3. The van der Waals surface area contributed by atoms with Crippen molar-refractivity contribution < 1.29 is 19.8 Å². The van der Waals surface area contributed by atoms with Gasteiger partial charge in [0.1, 0.15) is 5.75 Å². The van der Waals surface area contributed by atoms with E-state index in [-0.39, 0.29) is 17.2 Å². The molecule has 0 atom stereocenters. The summed E-state index contributed by atoms with van der Waals surface area (Å²) in [6.45, 7) is 5.29. The van der Waals surface area contributed by atoms with E-state index in [4.69, 9.17) is 5.11 Å². The summed E-state index contributed by atoms with van der Waals surface area (Å²) < 4.78 is 0.614. The largest absolute Gasteiger partial charge is 0.507 e. The van der Waals surface area contributed by atoms with E-state index in [2.05, 4.69) is 15.9 Å². The molecule has 17 heavy (non-hydrogen) atoms. The molecule has 1 rings (SSSR count). The van der Waals surface area contributed by atoms with E-state index in [1.54, 1.807) is 13.0 Å². The Morgan fingerprint density at radius 2 is 1.88 bits per heavy atom. The molecule has 0 saturated heterocycles. The second-order valence-corrected chi connectivity index (χ2v) is 4.94. The molecule has 0 bridgehead atoms. The van der Waals surface area contributed by atoms with Gasteiger partial charge < -0.3 is 10.2 Å². The third kappa shape index (κ3) is 2.49. The van der Waals surface area contributed by atoms with Gasteiger partial charge in [0, 0.05) is 4.47 Å². The number of Topliss-reactive ketones (excluding diaryl/α,β-unsaturated/α-hetero) is 1. The van der Waals surface area contributed by atoms with Crippen molar-refractivity contribution in [3.05, 3.63) is 27.2 Å². The summed E-state index contributed by atoms with van der Waals surface area (Å²) in [5.74, 6) is -2.92. The van der Waals surface area contributed by atoms with Crippen molar-refractivity contribution in [1.82, 2.24) is 0 Å². The number of benzene rings is 1. The lowest BCUT2D eigenvalue weighted by Gasteiger charge is -2.14. The first-order chi connectivity index (χ1) is 7.77. The van der Waals surface area contributed by atoms with Gasteiger partial charge in [-0.3, -0.25) is 4.79 Å². The zero-order valence-electron chi connectivity index (χ0n) is 9.74. The standard InChI is InChI=1S/C12H13BrO4/c1-5(2)7-4-8(13)6(3)9(10(7)14)11(15)12(16)17/h4-5,14H,1-3H3,(H,16,17). The lowest BCUT2D eigenvalue weighted by molar-refractivity contribution is -0.131. The molecule has 0 fully saturated rings. The first kappa shape index (κ1) is 13.7. The summed E-state index contributed by atoms with van der Waals surface area (Å²) in [6.07, 6.45) is 0. The number of aromatic hydroxyl groups is 1. The van der Waals surface area contributed by atoms with Gasteiger partial charge in [-0.15, -0.1) is 0 Å². The van der Waals surface area contributed by atoms with Crippen LogP contribution in [0.15, 0.2) is 10.5 Å². The van der Waals surface area contributed by atoms with Crippen molar-refractivity contribution in [3.63, 3.8) is 0 Å². The van der Waals surface area contributed by atoms with Crippen LogP contribution in [0.3, 0.4) is 0 Å². The molecule has 0 amide bonds. The topological polar surface area (TPSA) is 74.6 Å². The highest BCUT2D eigenvalue weighted by molar-refractivity contribution is 9.10. The molecule has 2 N–H and O–H groups in total. The molecule has 0 spiro atoms. The van der Waals surface area contributed by atoms with Crippen LogP contribution in [-0.4, -0.2) is 22.0 Å². The van der Waals surface area contributed by atoms with Gasteiger partial charge in [-0.05, 0) is 30.0 Å². The van der Waals surface area contributed by atoms with Crippen LogP contribution < -0.4 is 0 Å². The molecule has 0 aliphatic rings. The average Bonchev–Trinajstić information content (AvgIpc) is 2.22. The van der Waals surface area contributed by atoms with E-state index in [0.29, 0.717) is 15.6 Å². The first-order valence-electron chi connectivity index (χ1n) is 5.07. The molecule has 0 aliphatic heterocycles. The number of ketones is 1. The molecule has 0 aromatic heterocycles. The number of halogens is 1. The van der Waals surface area contributed by atoms with Crippen LogP contribution >= 0.6 is 15.9 Å². The molecule has 0 aliphatic carbocycles. The highest BCUT2D eigenvalue weighted by atomic mass is 79.9. The fourth-order valence-electron chi connectivity index (χ4n) is 1.58. The smallest absolute Gasteiger partial charge is 0.377 e. The number of hydrogen-bond donors (Lipinski definition) is 2.